The van der Waals surface area contributed by atoms with Gasteiger partial charge in [-0.3, -0.25) is 0 Å². The Hall–Kier alpha value is -3.56. The van der Waals surface area contributed by atoms with Crippen LogP contribution in [0.2, 0.25) is 0 Å². The van der Waals surface area contributed by atoms with Crippen LogP contribution in [-0.4, -0.2) is 0 Å². The first-order valence-electron chi connectivity index (χ1n) is 7.50. The number of hydrogen-bond acceptors (Lipinski definition) is 3. The molecule has 0 fully saturated rings. The molecule has 3 nitrogen and oxygen atoms in total. The van der Waals surface area contributed by atoms with Gasteiger partial charge in [0.25, 0.3) is 0 Å². The molecule has 0 aliphatic carbocycles. The van der Waals surface area contributed by atoms with E-state index in [0.717, 1.165) is 22.4 Å². The van der Waals surface area contributed by atoms with Crippen molar-refractivity contribution >= 4 is 0 Å². The lowest BCUT2D eigenvalue weighted by molar-refractivity contribution is 0.480. The lowest BCUT2D eigenvalue weighted by Gasteiger charge is -2.14. The van der Waals surface area contributed by atoms with Crippen LogP contribution >= 0.6 is 0 Å². The van der Waals surface area contributed by atoms with Crippen LogP contribution in [0.4, 0.5) is 0 Å². The summed E-state index contributed by atoms with van der Waals surface area (Å²) in [5, 5.41) is 18.2. The van der Waals surface area contributed by atoms with Crippen molar-refractivity contribution in [3.05, 3.63) is 83.4 Å². The van der Waals surface area contributed by atoms with Gasteiger partial charge in [-0.2, -0.15) is 10.5 Å². The van der Waals surface area contributed by atoms with E-state index in [4.69, 9.17) is 10.00 Å². The van der Waals surface area contributed by atoms with Crippen molar-refractivity contribution in [1.29, 1.82) is 10.5 Å². The maximum Gasteiger partial charge on any atom is 0.138 e. The molecule has 3 heteroatoms. The SMILES string of the molecule is Cc1cccc(-c2ccccc2)c1Oc1ccc(C#N)c(C#N)c1. The number of benzene rings is 3. The van der Waals surface area contributed by atoms with Crippen LogP contribution in [0.3, 0.4) is 0 Å². The molecule has 0 heterocycles. The van der Waals surface area contributed by atoms with Gasteiger partial charge in [-0.05, 0) is 36.2 Å². The Labute approximate surface area is 141 Å². The highest BCUT2D eigenvalue weighted by Gasteiger charge is 2.11. The lowest BCUT2D eigenvalue weighted by atomic mass is 10.0. The van der Waals surface area contributed by atoms with E-state index in [2.05, 4.69) is 0 Å². The van der Waals surface area contributed by atoms with Crippen molar-refractivity contribution in [3.8, 4) is 34.8 Å². The van der Waals surface area contributed by atoms with Crippen LogP contribution in [0.1, 0.15) is 16.7 Å². The number of rotatable bonds is 3. The Morgan fingerprint density at radius 2 is 1.54 bits per heavy atom. The third kappa shape index (κ3) is 2.97. The molecule has 3 aromatic rings. The van der Waals surface area contributed by atoms with Gasteiger partial charge in [0.05, 0.1) is 11.1 Å². The highest BCUT2D eigenvalue weighted by molar-refractivity contribution is 5.72. The minimum absolute atomic E-state index is 0.310. The molecule has 0 spiro atoms. The van der Waals surface area contributed by atoms with Gasteiger partial charge in [0, 0.05) is 5.56 Å². The number of para-hydroxylation sites is 1. The Balaban J connectivity index is 2.06. The molecule has 3 aromatic carbocycles. The molecule has 24 heavy (non-hydrogen) atoms. The average Bonchev–Trinajstić information content (AvgIpc) is 2.64. The molecule has 0 aliphatic rings. The number of aryl methyl sites for hydroxylation is 1. The maximum atomic E-state index is 9.17. The number of nitriles is 2. The molecule has 114 valence electrons. The van der Waals surface area contributed by atoms with Gasteiger partial charge in [0.1, 0.15) is 23.6 Å². The zero-order valence-electron chi connectivity index (χ0n) is 13.2. The predicted molar refractivity (Wildman–Crippen MR) is 92.6 cm³/mol. The molecule has 0 radical (unpaired) electrons. The predicted octanol–water partition coefficient (Wildman–Crippen LogP) is 5.20. The summed E-state index contributed by atoms with van der Waals surface area (Å²) in [6.45, 7) is 1.98. The molecule has 0 saturated heterocycles. The highest BCUT2D eigenvalue weighted by atomic mass is 16.5. The van der Waals surface area contributed by atoms with Crippen molar-refractivity contribution in [2.24, 2.45) is 0 Å². The summed E-state index contributed by atoms with van der Waals surface area (Å²) in [6, 6.07) is 24.9. The zero-order valence-corrected chi connectivity index (χ0v) is 13.2. The summed E-state index contributed by atoms with van der Waals surface area (Å²) < 4.78 is 6.08. The molecule has 3 rings (SSSR count). The summed E-state index contributed by atoms with van der Waals surface area (Å²) in [7, 11) is 0. The van der Waals surface area contributed by atoms with E-state index in [1.807, 2.05) is 67.6 Å². The van der Waals surface area contributed by atoms with Gasteiger partial charge >= 0.3 is 0 Å². The summed E-state index contributed by atoms with van der Waals surface area (Å²) in [4.78, 5) is 0. The minimum atomic E-state index is 0.310. The largest absolute Gasteiger partial charge is 0.456 e. The van der Waals surface area contributed by atoms with Gasteiger partial charge < -0.3 is 4.74 Å². The second-order valence-corrected chi connectivity index (χ2v) is 5.35. The van der Waals surface area contributed by atoms with Gasteiger partial charge in [-0.1, -0.05) is 48.5 Å². The van der Waals surface area contributed by atoms with Crippen LogP contribution in [-0.2, 0) is 0 Å². The van der Waals surface area contributed by atoms with E-state index >= 15 is 0 Å². The second-order valence-electron chi connectivity index (χ2n) is 5.35. The van der Waals surface area contributed by atoms with Crippen LogP contribution in [0.15, 0.2) is 66.7 Å². The molecule has 0 N–H and O–H groups in total. The second kappa shape index (κ2) is 6.69. The van der Waals surface area contributed by atoms with Crippen LogP contribution in [0, 0.1) is 29.6 Å². The third-order valence-electron chi connectivity index (χ3n) is 3.75. The Bertz CT molecular complexity index is 963. The smallest absolute Gasteiger partial charge is 0.138 e. The monoisotopic (exact) mass is 310 g/mol. The number of nitrogens with zero attached hydrogens (tertiary/aromatic N) is 2. The first-order valence-corrected chi connectivity index (χ1v) is 7.50. The molecule has 0 saturated carbocycles. The zero-order chi connectivity index (χ0) is 16.9. The Kier molecular flexibility index (Phi) is 4.27. The molecular formula is C21H14N2O. The van der Waals surface area contributed by atoms with Gasteiger partial charge in [0.2, 0.25) is 0 Å². The van der Waals surface area contributed by atoms with Crippen LogP contribution < -0.4 is 4.74 Å². The molecular weight excluding hydrogens is 296 g/mol. The Morgan fingerprint density at radius 3 is 2.25 bits per heavy atom. The van der Waals surface area contributed by atoms with E-state index in [-0.39, 0.29) is 0 Å². The fourth-order valence-corrected chi connectivity index (χ4v) is 2.53. The quantitative estimate of drug-likeness (QED) is 0.668. The van der Waals surface area contributed by atoms with E-state index in [1.165, 1.54) is 0 Å². The van der Waals surface area contributed by atoms with E-state index in [9.17, 15) is 5.26 Å². The van der Waals surface area contributed by atoms with Crippen LogP contribution in [0.5, 0.6) is 11.5 Å². The molecule has 0 bridgehead atoms. The topological polar surface area (TPSA) is 56.8 Å². The molecule has 0 aromatic heterocycles. The van der Waals surface area contributed by atoms with Crippen molar-refractivity contribution in [2.75, 3.05) is 0 Å². The average molecular weight is 310 g/mol. The van der Waals surface area contributed by atoms with Crippen molar-refractivity contribution in [2.45, 2.75) is 6.92 Å². The fourth-order valence-electron chi connectivity index (χ4n) is 2.53. The summed E-state index contributed by atoms with van der Waals surface area (Å²) >= 11 is 0. The summed E-state index contributed by atoms with van der Waals surface area (Å²) in [5.41, 5.74) is 3.70. The fraction of sp³-hybridized carbons (Fsp3) is 0.0476. The van der Waals surface area contributed by atoms with Crippen molar-refractivity contribution < 1.29 is 4.74 Å². The highest BCUT2D eigenvalue weighted by Crippen LogP contribution is 2.36. The molecule has 0 unspecified atom stereocenters. The molecule has 0 atom stereocenters. The molecule has 0 amide bonds. The standard InChI is InChI=1S/C21H14N2O/c1-15-6-5-9-20(16-7-3-2-4-8-16)21(15)24-19-11-10-17(13-22)18(12-19)14-23/h2-12H,1H3. The van der Waals surface area contributed by atoms with E-state index in [1.54, 1.807) is 18.2 Å². The first-order chi connectivity index (χ1) is 11.7. The number of hydrogen-bond donors (Lipinski definition) is 0. The maximum absolute atomic E-state index is 9.17. The number of ether oxygens (including phenoxy) is 1. The normalized spacial score (nSPS) is 9.79. The molecule has 0 aliphatic heterocycles. The van der Waals surface area contributed by atoms with E-state index < -0.39 is 0 Å². The minimum Gasteiger partial charge on any atom is -0.456 e. The first kappa shape index (κ1) is 15.3. The van der Waals surface area contributed by atoms with Gasteiger partial charge in [0.15, 0.2) is 0 Å². The van der Waals surface area contributed by atoms with Crippen molar-refractivity contribution in [1.82, 2.24) is 0 Å². The summed E-state index contributed by atoms with van der Waals surface area (Å²) in [5.74, 6) is 1.29. The Morgan fingerprint density at radius 1 is 0.792 bits per heavy atom. The summed E-state index contributed by atoms with van der Waals surface area (Å²) in [6.07, 6.45) is 0. The van der Waals surface area contributed by atoms with Gasteiger partial charge in [-0.15, -0.1) is 0 Å². The van der Waals surface area contributed by atoms with Crippen LogP contribution in [0.25, 0.3) is 11.1 Å². The third-order valence-corrected chi connectivity index (χ3v) is 3.75. The van der Waals surface area contributed by atoms with Crippen molar-refractivity contribution in [3.63, 3.8) is 0 Å². The lowest BCUT2D eigenvalue weighted by Crippen LogP contribution is -1.93. The van der Waals surface area contributed by atoms with Gasteiger partial charge in [-0.25, -0.2) is 0 Å². The van der Waals surface area contributed by atoms with E-state index in [0.29, 0.717) is 16.9 Å².